The Morgan fingerprint density at radius 2 is 2.38 bits per heavy atom. The molecule has 0 bridgehead atoms. The average Bonchev–Trinajstić information content (AvgIpc) is 2.52. The second-order valence-electron chi connectivity index (χ2n) is 2.93. The summed E-state index contributed by atoms with van der Waals surface area (Å²) in [7, 11) is 0. The lowest BCUT2D eigenvalue weighted by Crippen LogP contribution is -2.11. The number of carbonyl (C=O) groups excluding carboxylic acids is 1. The van der Waals surface area contributed by atoms with E-state index in [1.165, 1.54) is 0 Å². The zero-order valence-corrected chi connectivity index (χ0v) is 6.86. The summed E-state index contributed by atoms with van der Waals surface area (Å²) in [5, 5.41) is 9.18. The summed E-state index contributed by atoms with van der Waals surface area (Å²) in [6.45, 7) is 0. The van der Waals surface area contributed by atoms with Gasteiger partial charge in [-0.1, -0.05) is 12.1 Å². The van der Waals surface area contributed by atoms with Crippen LogP contribution < -0.4 is 5.48 Å². The van der Waals surface area contributed by atoms with Crippen molar-refractivity contribution in [3.05, 3.63) is 29.8 Å². The molecule has 68 valence electrons. The SMILES string of the molecule is O=C1CC(c2cccc(O)c2)ON1. The number of amides is 1. The number of benzene rings is 1. The van der Waals surface area contributed by atoms with E-state index in [1.807, 2.05) is 6.07 Å². The van der Waals surface area contributed by atoms with Crippen LogP contribution >= 0.6 is 0 Å². The maximum Gasteiger partial charge on any atom is 0.246 e. The van der Waals surface area contributed by atoms with Crippen LogP contribution in [0, 0.1) is 0 Å². The lowest BCUT2D eigenvalue weighted by atomic mass is 10.1. The number of rotatable bonds is 1. The third-order valence-corrected chi connectivity index (χ3v) is 1.93. The van der Waals surface area contributed by atoms with Crippen LogP contribution in [0.25, 0.3) is 0 Å². The molecule has 0 spiro atoms. The first kappa shape index (κ1) is 8.07. The van der Waals surface area contributed by atoms with E-state index in [1.54, 1.807) is 18.2 Å². The lowest BCUT2D eigenvalue weighted by Gasteiger charge is -2.06. The molecule has 1 aromatic rings. The van der Waals surface area contributed by atoms with Crippen molar-refractivity contribution in [1.82, 2.24) is 5.48 Å². The zero-order valence-electron chi connectivity index (χ0n) is 6.86. The minimum Gasteiger partial charge on any atom is -0.508 e. The number of carbonyl (C=O) groups is 1. The molecule has 13 heavy (non-hydrogen) atoms. The Morgan fingerprint density at radius 1 is 1.54 bits per heavy atom. The van der Waals surface area contributed by atoms with Crippen molar-refractivity contribution in [3.8, 4) is 5.75 Å². The van der Waals surface area contributed by atoms with Gasteiger partial charge in [-0.25, -0.2) is 5.48 Å². The maximum absolute atomic E-state index is 10.8. The molecule has 1 unspecified atom stereocenters. The Hall–Kier alpha value is -1.55. The molecule has 1 saturated heterocycles. The molecule has 2 N–H and O–H groups in total. The van der Waals surface area contributed by atoms with E-state index < -0.39 is 0 Å². The number of phenols is 1. The van der Waals surface area contributed by atoms with E-state index in [0.29, 0.717) is 6.42 Å². The summed E-state index contributed by atoms with van der Waals surface area (Å²) in [6.07, 6.45) is 0.0308. The van der Waals surface area contributed by atoms with Crippen molar-refractivity contribution in [3.63, 3.8) is 0 Å². The van der Waals surface area contributed by atoms with Gasteiger partial charge in [-0.3, -0.25) is 9.63 Å². The summed E-state index contributed by atoms with van der Waals surface area (Å²) in [4.78, 5) is 15.8. The van der Waals surface area contributed by atoms with Crippen molar-refractivity contribution in [1.29, 1.82) is 0 Å². The number of phenolic OH excluding ortho intramolecular Hbond substituents is 1. The average molecular weight is 179 g/mol. The number of aromatic hydroxyl groups is 1. The van der Waals surface area contributed by atoms with Gasteiger partial charge in [0.25, 0.3) is 0 Å². The fraction of sp³-hybridized carbons (Fsp3) is 0.222. The molecule has 1 aliphatic rings. The molecule has 4 nitrogen and oxygen atoms in total. The Bertz CT molecular complexity index is 337. The normalized spacial score (nSPS) is 21.5. The van der Waals surface area contributed by atoms with Gasteiger partial charge in [0, 0.05) is 0 Å². The lowest BCUT2D eigenvalue weighted by molar-refractivity contribution is -0.124. The fourth-order valence-corrected chi connectivity index (χ4v) is 1.30. The number of hydroxylamine groups is 1. The van der Waals surface area contributed by atoms with Crippen molar-refractivity contribution in [2.45, 2.75) is 12.5 Å². The number of hydrogen-bond donors (Lipinski definition) is 2. The van der Waals surface area contributed by atoms with Gasteiger partial charge < -0.3 is 5.11 Å². The second-order valence-corrected chi connectivity index (χ2v) is 2.93. The molecule has 0 radical (unpaired) electrons. The first-order valence-electron chi connectivity index (χ1n) is 3.99. The Kier molecular flexibility index (Phi) is 1.90. The van der Waals surface area contributed by atoms with Gasteiger partial charge in [-0.2, -0.15) is 0 Å². The van der Waals surface area contributed by atoms with E-state index in [2.05, 4.69) is 5.48 Å². The molecule has 1 aliphatic heterocycles. The molecule has 1 atom stereocenters. The van der Waals surface area contributed by atoms with E-state index in [-0.39, 0.29) is 17.8 Å². The number of nitrogens with one attached hydrogen (secondary N) is 1. The molecule has 1 aromatic carbocycles. The van der Waals surface area contributed by atoms with Crippen LogP contribution in [-0.2, 0) is 9.63 Å². The first-order chi connectivity index (χ1) is 6.25. The minimum atomic E-state index is -0.278. The third kappa shape index (κ3) is 1.62. The van der Waals surface area contributed by atoms with Gasteiger partial charge in [-0.15, -0.1) is 0 Å². The molecule has 0 saturated carbocycles. The molecular formula is C9H9NO3. The smallest absolute Gasteiger partial charge is 0.246 e. The van der Waals surface area contributed by atoms with Crippen molar-refractivity contribution in [2.75, 3.05) is 0 Å². The fourth-order valence-electron chi connectivity index (χ4n) is 1.30. The van der Waals surface area contributed by atoms with Crippen LogP contribution in [0.5, 0.6) is 5.75 Å². The Labute approximate surface area is 75.1 Å². The summed E-state index contributed by atoms with van der Waals surface area (Å²) in [5.74, 6) is 0.0498. The van der Waals surface area contributed by atoms with Gasteiger partial charge in [0.15, 0.2) is 0 Å². The molecule has 1 amide bonds. The molecule has 1 heterocycles. The standard InChI is InChI=1S/C9H9NO3/c11-7-3-1-2-6(4-7)8-5-9(12)10-13-8/h1-4,8,11H,5H2,(H,10,12). The zero-order chi connectivity index (χ0) is 9.26. The highest BCUT2D eigenvalue weighted by atomic mass is 16.7. The summed E-state index contributed by atoms with van der Waals surface area (Å²) in [6, 6.07) is 6.69. The van der Waals surface area contributed by atoms with E-state index in [4.69, 9.17) is 4.84 Å². The van der Waals surface area contributed by atoms with Gasteiger partial charge in [-0.05, 0) is 17.7 Å². The van der Waals surface area contributed by atoms with Gasteiger partial charge >= 0.3 is 0 Å². The molecule has 0 aromatic heterocycles. The van der Waals surface area contributed by atoms with Crippen molar-refractivity contribution in [2.24, 2.45) is 0 Å². The van der Waals surface area contributed by atoms with E-state index >= 15 is 0 Å². The summed E-state index contributed by atoms with van der Waals surface area (Å²) >= 11 is 0. The van der Waals surface area contributed by atoms with Crippen molar-refractivity contribution >= 4 is 5.91 Å². The molecule has 0 aliphatic carbocycles. The second kappa shape index (κ2) is 3.06. The largest absolute Gasteiger partial charge is 0.508 e. The van der Waals surface area contributed by atoms with E-state index in [0.717, 1.165) is 5.56 Å². The highest BCUT2D eigenvalue weighted by Crippen LogP contribution is 2.26. The molecular weight excluding hydrogens is 170 g/mol. The van der Waals surface area contributed by atoms with Crippen molar-refractivity contribution < 1.29 is 14.7 Å². The van der Waals surface area contributed by atoms with Crippen LogP contribution in [0.4, 0.5) is 0 Å². The van der Waals surface area contributed by atoms with Crippen LogP contribution in [0.2, 0.25) is 0 Å². The third-order valence-electron chi connectivity index (χ3n) is 1.93. The predicted octanol–water partition coefficient (Wildman–Crippen LogP) is 0.885. The van der Waals surface area contributed by atoms with Crippen LogP contribution in [-0.4, -0.2) is 11.0 Å². The van der Waals surface area contributed by atoms with Gasteiger partial charge in [0.05, 0.1) is 6.42 Å². The van der Waals surface area contributed by atoms with Gasteiger partial charge in [0.2, 0.25) is 5.91 Å². The monoisotopic (exact) mass is 179 g/mol. The predicted molar refractivity (Wildman–Crippen MR) is 44.7 cm³/mol. The quantitative estimate of drug-likeness (QED) is 0.673. The van der Waals surface area contributed by atoms with Crippen LogP contribution in [0.1, 0.15) is 18.1 Å². The molecule has 4 heteroatoms. The minimum absolute atomic E-state index is 0.131. The highest BCUT2D eigenvalue weighted by molar-refractivity contribution is 5.77. The van der Waals surface area contributed by atoms with Crippen LogP contribution in [0.3, 0.4) is 0 Å². The van der Waals surface area contributed by atoms with E-state index in [9.17, 15) is 9.90 Å². The van der Waals surface area contributed by atoms with Gasteiger partial charge in [0.1, 0.15) is 11.9 Å². The summed E-state index contributed by atoms with van der Waals surface area (Å²) < 4.78 is 0. The summed E-state index contributed by atoms with van der Waals surface area (Å²) in [5.41, 5.74) is 3.07. The highest BCUT2D eigenvalue weighted by Gasteiger charge is 2.24. The topological polar surface area (TPSA) is 58.6 Å². The Balaban J connectivity index is 2.21. The first-order valence-corrected chi connectivity index (χ1v) is 3.99. The molecule has 2 rings (SSSR count). The van der Waals surface area contributed by atoms with Crippen LogP contribution in [0.15, 0.2) is 24.3 Å². The number of hydrogen-bond acceptors (Lipinski definition) is 3. The molecule has 1 fully saturated rings. The maximum atomic E-state index is 10.8. The Morgan fingerprint density at radius 3 is 3.00 bits per heavy atom.